The predicted octanol–water partition coefficient (Wildman–Crippen LogP) is 2.33. The Labute approximate surface area is 99.0 Å². The van der Waals surface area contributed by atoms with Gasteiger partial charge in [0.25, 0.3) is 0 Å². The first-order valence-corrected chi connectivity index (χ1v) is 5.70. The normalized spacial score (nSPS) is 13.8. The van der Waals surface area contributed by atoms with Crippen molar-refractivity contribution in [2.45, 2.75) is 25.9 Å². The first kappa shape index (κ1) is 11.4. The number of aryl methyl sites for hydroxylation is 1. The van der Waals surface area contributed by atoms with Crippen LogP contribution in [-0.2, 0) is 17.8 Å². The van der Waals surface area contributed by atoms with Crippen LogP contribution >= 0.6 is 11.6 Å². The maximum atomic E-state index is 11.5. The maximum Gasteiger partial charge on any atom is 0.339 e. The number of carbonyl (C=O) groups is 1. The van der Waals surface area contributed by atoms with Gasteiger partial charge in [-0.15, -0.1) is 0 Å². The fourth-order valence-electron chi connectivity index (χ4n) is 1.91. The molecule has 2 rings (SSSR count). The first-order valence-electron chi connectivity index (χ1n) is 5.32. The molecule has 0 aromatic heterocycles. The quantitative estimate of drug-likeness (QED) is 0.649. The Bertz CT molecular complexity index is 415. The minimum Gasteiger partial charge on any atom is -0.457 e. The fraction of sp³-hybridized carbons (Fsp3) is 0.417. The Balaban J connectivity index is 2.26. The molecular formula is C12H13ClO3. The zero-order valence-corrected chi connectivity index (χ0v) is 9.59. The molecule has 4 heteroatoms. The van der Waals surface area contributed by atoms with Gasteiger partial charge in [-0.1, -0.05) is 17.7 Å². The molecule has 0 fully saturated rings. The van der Waals surface area contributed by atoms with Gasteiger partial charge in [-0.3, -0.25) is 0 Å². The minimum absolute atomic E-state index is 0.181. The first-order chi connectivity index (χ1) is 7.74. The number of benzene rings is 1. The third kappa shape index (κ3) is 2.06. The molecule has 0 aliphatic carbocycles. The van der Waals surface area contributed by atoms with Crippen molar-refractivity contribution in [2.24, 2.45) is 0 Å². The Hall–Kier alpha value is -1.06. The Morgan fingerprint density at radius 2 is 2.19 bits per heavy atom. The lowest BCUT2D eigenvalue weighted by molar-refractivity contribution is 0.0534. The average molecular weight is 241 g/mol. The number of esters is 1. The van der Waals surface area contributed by atoms with Gasteiger partial charge < -0.3 is 9.84 Å². The van der Waals surface area contributed by atoms with Crippen LogP contribution in [0.2, 0.25) is 5.02 Å². The summed E-state index contributed by atoms with van der Waals surface area (Å²) in [6.45, 7) is 0.459. The van der Waals surface area contributed by atoms with Crippen LogP contribution < -0.4 is 0 Å². The molecule has 0 saturated heterocycles. The molecule has 1 aliphatic rings. The molecule has 0 atom stereocenters. The van der Waals surface area contributed by atoms with Crippen LogP contribution in [0.3, 0.4) is 0 Å². The highest BCUT2D eigenvalue weighted by atomic mass is 35.5. The van der Waals surface area contributed by atoms with Crippen molar-refractivity contribution in [3.05, 3.63) is 33.8 Å². The molecule has 1 aliphatic heterocycles. The standard InChI is InChI=1S/C12H13ClO3/c13-10-5-4-8(3-1-2-6-14)11-9(10)7-16-12(11)15/h4-5,14H,1-3,6-7H2. The molecule has 1 N–H and O–H groups in total. The number of cyclic esters (lactones) is 1. The summed E-state index contributed by atoms with van der Waals surface area (Å²) in [5, 5.41) is 9.31. The summed E-state index contributed by atoms with van der Waals surface area (Å²) < 4.78 is 4.98. The van der Waals surface area contributed by atoms with Crippen molar-refractivity contribution in [1.82, 2.24) is 0 Å². The zero-order chi connectivity index (χ0) is 11.5. The summed E-state index contributed by atoms with van der Waals surface area (Å²) in [5.41, 5.74) is 2.40. The van der Waals surface area contributed by atoms with E-state index >= 15 is 0 Å². The number of hydrogen-bond acceptors (Lipinski definition) is 3. The molecule has 0 saturated carbocycles. The van der Waals surface area contributed by atoms with E-state index in [-0.39, 0.29) is 19.2 Å². The van der Waals surface area contributed by atoms with Crippen LogP contribution in [0.4, 0.5) is 0 Å². The number of unbranched alkanes of at least 4 members (excludes halogenated alkanes) is 1. The summed E-state index contributed by atoms with van der Waals surface area (Å²) in [4.78, 5) is 11.5. The van der Waals surface area contributed by atoms with E-state index in [0.717, 1.165) is 30.4 Å². The van der Waals surface area contributed by atoms with Gasteiger partial charge in [0.15, 0.2) is 0 Å². The Morgan fingerprint density at radius 1 is 1.38 bits per heavy atom. The molecule has 0 amide bonds. The Kier molecular flexibility index (Phi) is 3.46. The number of aliphatic hydroxyl groups is 1. The van der Waals surface area contributed by atoms with Crippen molar-refractivity contribution in [3.63, 3.8) is 0 Å². The third-order valence-corrected chi connectivity index (χ3v) is 3.10. The summed E-state index contributed by atoms with van der Waals surface area (Å²) in [6.07, 6.45) is 2.37. The van der Waals surface area contributed by atoms with Gasteiger partial charge in [0.2, 0.25) is 0 Å². The van der Waals surface area contributed by atoms with Crippen molar-refractivity contribution in [3.8, 4) is 0 Å². The highest BCUT2D eigenvalue weighted by Crippen LogP contribution is 2.30. The van der Waals surface area contributed by atoms with E-state index in [9.17, 15) is 4.79 Å². The molecule has 86 valence electrons. The molecule has 1 aromatic rings. The number of halogens is 1. The molecule has 0 radical (unpaired) electrons. The number of aliphatic hydroxyl groups excluding tert-OH is 1. The second-order valence-electron chi connectivity index (χ2n) is 3.82. The van der Waals surface area contributed by atoms with Gasteiger partial charge in [0, 0.05) is 17.2 Å². The smallest absolute Gasteiger partial charge is 0.339 e. The lowest BCUT2D eigenvalue weighted by Crippen LogP contribution is -2.01. The van der Waals surface area contributed by atoms with Gasteiger partial charge in [0.05, 0.1) is 5.56 Å². The van der Waals surface area contributed by atoms with E-state index in [1.54, 1.807) is 6.07 Å². The van der Waals surface area contributed by atoms with Crippen LogP contribution in [0, 0.1) is 0 Å². The SMILES string of the molecule is O=C1OCc2c(Cl)ccc(CCCCO)c21. The number of rotatable bonds is 4. The number of carbonyl (C=O) groups excluding carboxylic acids is 1. The highest BCUT2D eigenvalue weighted by Gasteiger charge is 2.26. The van der Waals surface area contributed by atoms with Crippen LogP contribution in [0.5, 0.6) is 0 Å². The van der Waals surface area contributed by atoms with Gasteiger partial charge in [-0.2, -0.15) is 0 Å². The van der Waals surface area contributed by atoms with Crippen LogP contribution in [-0.4, -0.2) is 17.7 Å². The predicted molar refractivity (Wildman–Crippen MR) is 60.6 cm³/mol. The molecule has 0 spiro atoms. The van der Waals surface area contributed by atoms with Crippen molar-refractivity contribution in [1.29, 1.82) is 0 Å². The maximum absolute atomic E-state index is 11.5. The monoisotopic (exact) mass is 240 g/mol. The van der Waals surface area contributed by atoms with E-state index in [2.05, 4.69) is 0 Å². The molecule has 1 heterocycles. The summed E-state index contributed by atoms with van der Waals surface area (Å²) in [7, 11) is 0. The topological polar surface area (TPSA) is 46.5 Å². The number of hydrogen-bond donors (Lipinski definition) is 1. The third-order valence-electron chi connectivity index (χ3n) is 2.75. The largest absolute Gasteiger partial charge is 0.457 e. The van der Waals surface area contributed by atoms with E-state index in [4.69, 9.17) is 21.4 Å². The lowest BCUT2D eigenvalue weighted by Gasteiger charge is -2.06. The highest BCUT2D eigenvalue weighted by molar-refractivity contribution is 6.32. The van der Waals surface area contributed by atoms with Crippen molar-refractivity contribution < 1.29 is 14.6 Å². The van der Waals surface area contributed by atoms with Crippen LogP contribution in [0.15, 0.2) is 12.1 Å². The Morgan fingerprint density at radius 3 is 2.94 bits per heavy atom. The summed E-state index contributed by atoms with van der Waals surface area (Å²) >= 11 is 6.00. The average Bonchev–Trinajstić information content (AvgIpc) is 2.66. The van der Waals surface area contributed by atoms with E-state index < -0.39 is 0 Å². The van der Waals surface area contributed by atoms with Crippen LogP contribution in [0.1, 0.15) is 34.3 Å². The summed E-state index contributed by atoms with van der Waals surface area (Å²) in [5.74, 6) is -0.281. The van der Waals surface area contributed by atoms with E-state index in [1.165, 1.54) is 0 Å². The number of ether oxygens (including phenoxy) is 1. The zero-order valence-electron chi connectivity index (χ0n) is 8.83. The van der Waals surface area contributed by atoms with Gasteiger partial charge in [0.1, 0.15) is 6.61 Å². The second kappa shape index (κ2) is 4.85. The minimum atomic E-state index is -0.281. The van der Waals surface area contributed by atoms with Gasteiger partial charge >= 0.3 is 5.97 Å². The fourth-order valence-corrected chi connectivity index (χ4v) is 2.12. The molecule has 0 unspecified atom stereocenters. The molecule has 0 bridgehead atoms. The number of fused-ring (bicyclic) bond motifs is 1. The van der Waals surface area contributed by atoms with Gasteiger partial charge in [-0.05, 0) is 30.9 Å². The second-order valence-corrected chi connectivity index (χ2v) is 4.22. The van der Waals surface area contributed by atoms with Crippen LogP contribution in [0.25, 0.3) is 0 Å². The van der Waals surface area contributed by atoms with Crippen molar-refractivity contribution in [2.75, 3.05) is 6.61 Å². The summed E-state index contributed by atoms with van der Waals surface area (Å²) in [6, 6.07) is 3.67. The lowest BCUT2D eigenvalue weighted by atomic mass is 9.98. The molecule has 16 heavy (non-hydrogen) atoms. The van der Waals surface area contributed by atoms with Crippen molar-refractivity contribution >= 4 is 17.6 Å². The van der Waals surface area contributed by atoms with Gasteiger partial charge in [-0.25, -0.2) is 4.79 Å². The molecular weight excluding hydrogens is 228 g/mol. The van der Waals surface area contributed by atoms with E-state index in [1.807, 2.05) is 6.07 Å². The van der Waals surface area contributed by atoms with E-state index in [0.29, 0.717) is 10.6 Å². The molecule has 1 aromatic carbocycles. The molecule has 3 nitrogen and oxygen atoms in total.